The van der Waals surface area contributed by atoms with Crippen LogP contribution in [0.4, 0.5) is 8.78 Å². The Morgan fingerprint density at radius 3 is 2.36 bits per heavy atom. The number of carbonyl (C=O) groups is 1. The lowest BCUT2D eigenvalue weighted by Crippen LogP contribution is -2.47. The topological polar surface area (TPSA) is 96.8 Å². The van der Waals surface area contributed by atoms with Crippen molar-refractivity contribution in [1.82, 2.24) is 19.4 Å². The molecule has 1 aromatic heterocycles. The lowest BCUT2D eigenvalue weighted by Gasteiger charge is -2.41. The first-order chi connectivity index (χ1) is 21.1. The van der Waals surface area contributed by atoms with Gasteiger partial charge in [-0.15, -0.1) is 0 Å². The van der Waals surface area contributed by atoms with Crippen LogP contribution in [0.25, 0.3) is 11.3 Å². The summed E-state index contributed by atoms with van der Waals surface area (Å²) in [5, 5.41) is 10.2. The maximum absolute atomic E-state index is 15.0. The van der Waals surface area contributed by atoms with Crippen LogP contribution in [-0.4, -0.2) is 75.0 Å². The van der Waals surface area contributed by atoms with Gasteiger partial charge in [0.15, 0.2) is 0 Å². The number of rotatable bonds is 11. The summed E-state index contributed by atoms with van der Waals surface area (Å²) in [5.74, 6) is -0.957. The summed E-state index contributed by atoms with van der Waals surface area (Å²) in [6, 6.07) is 12.5. The molecule has 0 aliphatic carbocycles. The highest BCUT2D eigenvalue weighted by atomic mass is 19.1. The zero-order valence-corrected chi connectivity index (χ0v) is 27.6. The zero-order chi connectivity index (χ0) is 33.1. The fourth-order valence-corrected chi connectivity index (χ4v) is 6.40. The van der Waals surface area contributed by atoms with E-state index in [1.54, 1.807) is 11.1 Å². The van der Waals surface area contributed by atoms with Crippen molar-refractivity contribution in [2.45, 2.75) is 72.9 Å². The molecule has 2 aromatic carbocycles. The standard InChI is InChI=1S/C35H49F2N5O3/c1-23(45-35(5,6)7)40-18-25(16-38)26(19-40)20-42(31(44)22-43)32(34(2,3)4)33-39-30(28-15-27(36)13-14-29(28)37)21-41(33)17-24-11-9-8-10-12-24/h8-15,21,23,25-26,32,43H,16-20,22,38H2,1-7H3. The molecule has 4 atom stereocenters. The third kappa shape index (κ3) is 8.55. The van der Waals surface area contributed by atoms with Crippen molar-refractivity contribution in [3.63, 3.8) is 0 Å². The van der Waals surface area contributed by atoms with E-state index in [1.807, 2.05) is 83.4 Å². The molecular weight excluding hydrogens is 576 g/mol. The van der Waals surface area contributed by atoms with Crippen LogP contribution < -0.4 is 5.73 Å². The normalized spacial score (nSPS) is 19.1. The Bertz CT molecular complexity index is 1430. The van der Waals surface area contributed by atoms with E-state index in [0.29, 0.717) is 32.0 Å². The van der Waals surface area contributed by atoms with Crippen molar-refractivity contribution in [3.8, 4) is 11.3 Å². The van der Waals surface area contributed by atoms with Crippen LogP contribution in [0.15, 0.2) is 54.7 Å². The molecule has 45 heavy (non-hydrogen) atoms. The van der Waals surface area contributed by atoms with E-state index >= 15 is 4.39 Å². The molecule has 1 aliphatic heterocycles. The molecule has 1 amide bonds. The number of nitrogens with two attached hydrogens (primary N) is 1. The highest BCUT2D eigenvalue weighted by molar-refractivity contribution is 5.78. The van der Waals surface area contributed by atoms with Gasteiger partial charge in [-0.25, -0.2) is 13.8 Å². The monoisotopic (exact) mass is 625 g/mol. The molecule has 0 spiro atoms. The van der Waals surface area contributed by atoms with Gasteiger partial charge in [0.2, 0.25) is 5.91 Å². The van der Waals surface area contributed by atoms with Gasteiger partial charge in [0.1, 0.15) is 30.3 Å². The molecule has 2 heterocycles. The van der Waals surface area contributed by atoms with Crippen LogP contribution >= 0.6 is 0 Å². The maximum Gasteiger partial charge on any atom is 0.248 e. The van der Waals surface area contributed by atoms with Crippen LogP contribution in [0, 0.1) is 28.9 Å². The predicted octanol–water partition coefficient (Wildman–Crippen LogP) is 5.45. The summed E-state index contributed by atoms with van der Waals surface area (Å²) in [4.78, 5) is 22.5. The average molecular weight is 626 g/mol. The van der Waals surface area contributed by atoms with E-state index in [2.05, 4.69) is 4.90 Å². The van der Waals surface area contributed by atoms with Crippen LogP contribution in [-0.2, 0) is 16.1 Å². The van der Waals surface area contributed by atoms with Crippen molar-refractivity contribution in [2.75, 3.05) is 32.8 Å². The summed E-state index contributed by atoms with van der Waals surface area (Å²) >= 11 is 0. The van der Waals surface area contributed by atoms with Gasteiger partial charge in [0, 0.05) is 37.9 Å². The number of aliphatic hydroxyl groups excluding tert-OH is 1. The number of benzene rings is 2. The highest BCUT2D eigenvalue weighted by Crippen LogP contribution is 2.41. The minimum atomic E-state index is -0.676. The fourth-order valence-electron chi connectivity index (χ4n) is 6.40. The fraction of sp³-hybridized carbons (Fsp3) is 0.543. The molecule has 246 valence electrons. The second-order valence-corrected chi connectivity index (χ2v) is 14.2. The molecule has 4 unspecified atom stereocenters. The van der Waals surface area contributed by atoms with E-state index < -0.39 is 35.6 Å². The number of likely N-dealkylation sites (tertiary alicyclic amines) is 1. The number of ether oxygens (including phenoxy) is 1. The van der Waals surface area contributed by atoms with Crippen molar-refractivity contribution in [2.24, 2.45) is 23.0 Å². The average Bonchev–Trinajstić information content (AvgIpc) is 3.56. The first-order valence-electron chi connectivity index (χ1n) is 15.7. The number of aliphatic hydroxyl groups is 1. The SMILES string of the molecule is CC(OC(C)(C)C)N1CC(CN)C(CN(C(=O)CO)C(c2nc(-c3cc(F)ccc3F)cn2Cc2ccccc2)C(C)(C)C)C1. The number of amides is 1. The molecule has 0 bridgehead atoms. The first kappa shape index (κ1) is 34.7. The van der Waals surface area contributed by atoms with Crippen LogP contribution in [0.2, 0.25) is 0 Å². The Balaban J connectivity index is 1.79. The van der Waals surface area contributed by atoms with Gasteiger partial charge < -0.3 is 25.0 Å². The zero-order valence-electron chi connectivity index (χ0n) is 27.6. The summed E-state index contributed by atoms with van der Waals surface area (Å²) in [6.45, 7) is 16.0. The Labute approximate surface area is 266 Å². The third-order valence-electron chi connectivity index (χ3n) is 8.42. The van der Waals surface area contributed by atoms with Gasteiger partial charge in [0.05, 0.1) is 17.3 Å². The van der Waals surface area contributed by atoms with Crippen LogP contribution in [0.5, 0.6) is 0 Å². The van der Waals surface area contributed by atoms with Crippen LogP contribution in [0.3, 0.4) is 0 Å². The van der Waals surface area contributed by atoms with Crippen LogP contribution in [0.1, 0.15) is 65.9 Å². The van der Waals surface area contributed by atoms with Gasteiger partial charge in [-0.05, 0) is 75.3 Å². The second-order valence-electron chi connectivity index (χ2n) is 14.2. The van der Waals surface area contributed by atoms with Gasteiger partial charge in [-0.1, -0.05) is 51.1 Å². The third-order valence-corrected chi connectivity index (χ3v) is 8.42. The molecule has 1 saturated heterocycles. The van der Waals surface area contributed by atoms with E-state index in [-0.39, 0.29) is 34.9 Å². The molecule has 3 aromatic rings. The number of imidazole rings is 1. The summed E-state index contributed by atoms with van der Waals surface area (Å²) < 4.78 is 37.4. The van der Waals surface area contributed by atoms with Crippen molar-refractivity contribution in [3.05, 3.63) is 77.8 Å². The first-order valence-corrected chi connectivity index (χ1v) is 15.7. The molecule has 1 aliphatic rings. The lowest BCUT2D eigenvalue weighted by molar-refractivity contribution is -0.141. The largest absolute Gasteiger partial charge is 0.387 e. The Morgan fingerprint density at radius 1 is 1.09 bits per heavy atom. The highest BCUT2D eigenvalue weighted by Gasteiger charge is 2.43. The van der Waals surface area contributed by atoms with Crippen molar-refractivity contribution >= 4 is 5.91 Å². The van der Waals surface area contributed by atoms with Gasteiger partial charge in [0.25, 0.3) is 0 Å². The summed E-state index contributed by atoms with van der Waals surface area (Å²) in [5.41, 5.74) is 6.69. The summed E-state index contributed by atoms with van der Waals surface area (Å²) in [7, 11) is 0. The lowest BCUT2D eigenvalue weighted by atomic mass is 9.83. The second kappa shape index (κ2) is 14.1. The van der Waals surface area contributed by atoms with Gasteiger partial charge in [-0.3, -0.25) is 9.69 Å². The predicted molar refractivity (Wildman–Crippen MR) is 172 cm³/mol. The molecule has 4 rings (SSSR count). The molecular formula is C35H49F2N5O3. The number of halogens is 2. The maximum atomic E-state index is 15.0. The van der Waals surface area contributed by atoms with E-state index in [4.69, 9.17) is 15.5 Å². The molecule has 3 N–H and O–H groups in total. The number of carbonyl (C=O) groups excluding carboxylic acids is 1. The Morgan fingerprint density at radius 2 is 1.76 bits per heavy atom. The minimum Gasteiger partial charge on any atom is -0.387 e. The smallest absolute Gasteiger partial charge is 0.248 e. The molecule has 10 heteroatoms. The van der Waals surface area contributed by atoms with Gasteiger partial charge >= 0.3 is 0 Å². The molecule has 1 fully saturated rings. The van der Waals surface area contributed by atoms with Gasteiger partial charge in [-0.2, -0.15) is 0 Å². The number of hydrogen-bond donors (Lipinski definition) is 2. The molecule has 8 nitrogen and oxygen atoms in total. The Hall–Kier alpha value is -3.18. The summed E-state index contributed by atoms with van der Waals surface area (Å²) in [6.07, 6.45) is 1.57. The number of hydrogen-bond acceptors (Lipinski definition) is 6. The molecule has 0 radical (unpaired) electrons. The number of nitrogens with zero attached hydrogens (tertiary/aromatic N) is 4. The van der Waals surface area contributed by atoms with E-state index in [1.165, 1.54) is 0 Å². The Kier molecular flexibility index (Phi) is 10.8. The minimum absolute atomic E-state index is 0.0130. The molecule has 0 saturated carbocycles. The van der Waals surface area contributed by atoms with E-state index in [0.717, 1.165) is 30.3 Å². The van der Waals surface area contributed by atoms with Crippen molar-refractivity contribution in [1.29, 1.82) is 0 Å². The quantitative estimate of drug-likeness (QED) is 0.294. The number of aromatic nitrogens is 2. The van der Waals surface area contributed by atoms with E-state index in [9.17, 15) is 14.3 Å². The van der Waals surface area contributed by atoms with Crippen molar-refractivity contribution < 1.29 is 23.4 Å².